The summed E-state index contributed by atoms with van der Waals surface area (Å²) in [5.74, 6) is 0.466. The molecule has 5 nitrogen and oxygen atoms in total. The monoisotopic (exact) mass is 294 g/mol. The van der Waals surface area contributed by atoms with Gasteiger partial charge in [-0.25, -0.2) is 0 Å². The third-order valence-corrected chi connectivity index (χ3v) is 6.30. The van der Waals surface area contributed by atoms with Gasteiger partial charge in [0, 0.05) is 6.04 Å². The SMILES string of the molecule is CC12CCC(C1)C(C)(C)C2Nc1snc(N)c1C(N)=O. The van der Waals surface area contributed by atoms with Crippen molar-refractivity contribution in [2.45, 2.75) is 46.1 Å². The molecule has 3 atom stereocenters. The summed E-state index contributed by atoms with van der Waals surface area (Å²) in [5, 5.41) is 4.27. The maximum atomic E-state index is 11.5. The molecule has 1 aromatic rings. The number of nitrogens with zero attached hydrogens (tertiary/aromatic N) is 1. The largest absolute Gasteiger partial charge is 0.382 e. The van der Waals surface area contributed by atoms with Gasteiger partial charge >= 0.3 is 0 Å². The number of nitrogens with one attached hydrogen (secondary N) is 1. The Balaban J connectivity index is 1.94. The van der Waals surface area contributed by atoms with Crippen LogP contribution in [0.15, 0.2) is 0 Å². The van der Waals surface area contributed by atoms with Crippen LogP contribution in [0.2, 0.25) is 0 Å². The molecule has 110 valence electrons. The Labute approximate surface area is 123 Å². The Bertz CT molecular complexity index is 563. The molecule has 0 aliphatic heterocycles. The van der Waals surface area contributed by atoms with Crippen LogP contribution in [-0.4, -0.2) is 16.3 Å². The van der Waals surface area contributed by atoms with Crippen LogP contribution in [0.1, 0.15) is 50.4 Å². The lowest BCUT2D eigenvalue weighted by Crippen LogP contribution is -2.45. The highest BCUT2D eigenvalue weighted by atomic mass is 32.1. The highest BCUT2D eigenvalue weighted by molar-refractivity contribution is 7.11. The average molecular weight is 294 g/mol. The van der Waals surface area contributed by atoms with E-state index in [2.05, 4.69) is 30.5 Å². The fraction of sp³-hybridized carbons (Fsp3) is 0.714. The summed E-state index contributed by atoms with van der Waals surface area (Å²) in [4.78, 5) is 11.5. The van der Waals surface area contributed by atoms with Gasteiger partial charge in [0.2, 0.25) is 0 Å². The van der Waals surface area contributed by atoms with Crippen LogP contribution in [0.25, 0.3) is 0 Å². The smallest absolute Gasteiger partial charge is 0.255 e. The fourth-order valence-electron chi connectivity index (χ4n) is 4.43. The molecule has 2 aliphatic carbocycles. The van der Waals surface area contributed by atoms with E-state index in [0.717, 1.165) is 10.9 Å². The van der Waals surface area contributed by atoms with Gasteiger partial charge in [0.25, 0.3) is 5.91 Å². The van der Waals surface area contributed by atoms with Gasteiger partial charge in [0.05, 0.1) is 0 Å². The molecular formula is C14H22N4OS. The molecule has 2 bridgehead atoms. The van der Waals surface area contributed by atoms with Crippen molar-refractivity contribution in [3.8, 4) is 0 Å². The van der Waals surface area contributed by atoms with Crippen LogP contribution in [0.4, 0.5) is 10.8 Å². The first-order valence-electron chi connectivity index (χ1n) is 7.07. The zero-order chi connectivity index (χ0) is 14.7. The number of rotatable bonds is 3. The highest BCUT2D eigenvalue weighted by Gasteiger charge is 2.59. The standard InChI is InChI=1S/C14H22N4OS/c1-13(2)7-4-5-14(3,6-7)12(13)17-11-8(10(16)19)9(15)18-20-11/h7,12,17H,4-6H2,1-3H3,(H2,15,18)(H2,16,19). The topological polar surface area (TPSA) is 94.0 Å². The summed E-state index contributed by atoms with van der Waals surface area (Å²) in [5.41, 5.74) is 12.0. The lowest BCUT2D eigenvalue weighted by Gasteiger charge is -2.43. The number of carbonyl (C=O) groups is 1. The quantitative estimate of drug-likeness (QED) is 0.798. The molecule has 3 rings (SSSR count). The van der Waals surface area contributed by atoms with Gasteiger partial charge in [0.1, 0.15) is 10.6 Å². The Morgan fingerprint density at radius 2 is 2.15 bits per heavy atom. The summed E-state index contributed by atoms with van der Waals surface area (Å²) in [6, 6.07) is 0.326. The van der Waals surface area contributed by atoms with Crippen LogP contribution in [0.5, 0.6) is 0 Å². The van der Waals surface area contributed by atoms with Crippen LogP contribution in [0.3, 0.4) is 0 Å². The summed E-state index contributed by atoms with van der Waals surface area (Å²) >= 11 is 1.23. The number of hydrogen-bond acceptors (Lipinski definition) is 5. The first-order chi connectivity index (χ1) is 9.25. The zero-order valence-electron chi connectivity index (χ0n) is 12.2. The maximum absolute atomic E-state index is 11.5. The van der Waals surface area contributed by atoms with E-state index in [4.69, 9.17) is 11.5 Å². The molecule has 6 heteroatoms. The minimum absolute atomic E-state index is 0.209. The van der Waals surface area contributed by atoms with E-state index in [-0.39, 0.29) is 16.6 Å². The molecule has 0 spiro atoms. The number of nitrogen functional groups attached to an aromatic ring is 1. The normalized spacial score (nSPS) is 34.4. The predicted molar refractivity (Wildman–Crippen MR) is 81.7 cm³/mol. The molecule has 1 amide bonds. The summed E-state index contributed by atoms with van der Waals surface area (Å²) in [6.07, 6.45) is 3.78. The summed E-state index contributed by atoms with van der Waals surface area (Å²) in [6.45, 7) is 6.97. The summed E-state index contributed by atoms with van der Waals surface area (Å²) < 4.78 is 4.07. The lowest BCUT2D eigenvalue weighted by molar-refractivity contribution is 0.100. The van der Waals surface area contributed by atoms with Crippen molar-refractivity contribution >= 4 is 28.3 Å². The average Bonchev–Trinajstić information content (AvgIpc) is 2.94. The minimum Gasteiger partial charge on any atom is -0.382 e. The van der Waals surface area contributed by atoms with Gasteiger partial charge in [0.15, 0.2) is 5.82 Å². The van der Waals surface area contributed by atoms with Crippen LogP contribution < -0.4 is 16.8 Å². The van der Waals surface area contributed by atoms with Crippen molar-refractivity contribution in [1.82, 2.24) is 4.37 Å². The highest BCUT2D eigenvalue weighted by Crippen LogP contribution is 2.63. The molecule has 0 saturated heterocycles. The van der Waals surface area contributed by atoms with Crippen molar-refractivity contribution in [3.63, 3.8) is 0 Å². The number of carbonyl (C=O) groups excluding carboxylic acids is 1. The van der Waals surface area contributed by atoms with Crippen LogP contribution >= 0.6 is 11.5 Å². The summed E-state index contributed by atoms with van der Waals surface area (Å²) in [7, 11) is 0. The van der Waals surface area contributed by atoms with Crippen molar-refractivity contribution in [2.24, 2.45) is 22.5 Å². The minimum atomic E-state index is -0.509. The van der Waals surface area contributed by atoms with Gasteiger partial charge in [-0.15, -0.1) is 0 Å². The van der Waals surface area contributed by atoms with E-state index < -0.39 is 5.91 Å². The Hall–Kier alpha value is -1.30. The number of anilines is 2. The van der Waals surface area contributed by atoms with Gasteiger partial charge in [-0.1, -0.05) is 20.8 Å². The van der Waals surface area contributed by atoms with Gasteiger partial charge < -0.3 is 16.8 Å². The second kappa shape index (κ2) is 4.10. The molecule has 3 unspecified atom stereocenters. The third-order valence-electron chi connectivity index (χ3n) is 5.51. The van der Waals surface area contributed by atoms with Gasteiger partial charge in [-0.2, -0.15) is 4.37 Å². The number of fused-ring (bicyclic) bond motifs is 2. The number of nitrogens with two attached hydrogens (primary N) is 2. The fourth-order valence-corrected chi connectivity index (χ4v) is 5.18. The first kappa shape index (κ1) is 13.7. The Morgan fingerprint density at radius 1 is 1.45 bits per heavy atom. The number of amides is 1. The number of aromatic nitrogens is 1. The van der Waals surface area contributed by atoms with E-state index in [9.17, 15) is 4.79 Å². The van der Waals surface area contributed by atoms with E-state index in [0.29, 0.717) is 11.6 Å². The van der Waals surface area contributed by atoms with Crippen molar-refractivity contribution < 1.29 is 4.79 Å². The van der Waals surface area contributed by atoms with Gasteiger partial charge in [-0.3, -0.25) is 4.79 Å². The van der Waals surface area contributed by atoms with Crippen molar-refractivity contribution in [2.75, 3.05) is 11.1 Å². The Morgan fingerprint density at radius 3 is 2.70 bits per heavy atom. The van der Waals surface area contributed by atoms with Crippen LogP contribution in [0, 0.1) is 16.7 Å². The first-order valence-corrected chi connectivity index (χ1v) is 7.84. The molecule has 2 saturated carbocycles. The number of primary amides is 1. The third kappa shape index (κ3) is 1.74. The molecule has 0 radical (unpaired) electrons. The van der Waals surface area contributed by atoms with E-state index in [1.165, 1.54) is 30.8 Å². The second-order valence-electron chi connectivity index (χ2n) is 7.13. The molecule has 1 aromatic heterocycles. The molecule has 2 aliphatic rings. The lowest BCUT2D eigenvalue weighted by atomic mass is 9.68. The molecule has 1 heterocycles. The second-order valence-corrected chi connectivity index (χ2v) is 7.90. The molecule has 20 heavy (non-hydrogen) atoms. The zero-order valence-corrected chi connectivity index (χ0v) is 13.0. The molecule has 2 fully saturated rings. The maximum Gasteiger partial charge on any atom is 0.255 e. The van der Waals surface area contributed by atoms with E-state index >= 15 is 0 Å². The van der Waals surface area contributed by atoms with Gasteiger partial charge in [-0.05, 0) is 47.5 Å². The van der Waals surface area contributed by atoms with E-state index in [1.807, 2.05) is 0 Å². The Kier molecular flexibility index (Phi) is 2.80. The molecule has 5 N–H and O–H groups in total. The van der Waals surface area contributed by atoms with E-state index in [1.54, 1.807) is 0 Å². The van der Waals surface area contributed by atoms with Crippen molar-refractivity contribution in [3.05, 3.63) is 5.56 Å². The molecular weight excluding hydrogens is 272 g/mol. The van der Waals surface area contributed by atoms with Crippen molar-refractivity contribution in [1.29, 1.82) is 0 Å². The number of hydrogen-bond donors (Lipinski definition) is 3. The molecule has 0 aromatic carbocycles. The van der Waals surface area contributed by atoms with Crippen LogP contribution in [-0.2, 0) is 0 Å². The predicted octanol–water partition coefficient (Wildman–Crippen LogP) is 2.45.